The zero-order valence-electron chi connectivity index (χ0n) is 12.9. The molecule has 0 aliphatic carbocycles. The average molecular weight is 278 g/mol. The maximum Gasteiger partial charge on any atom is 0.173 e. The van der Waals surface area contributed by atoms with Gasteiger partial charge in [-0.3, -0.25) is 0 Å². The summed E-state index contributed by atoms with van der Waals surface area (Å²) in [4.78, 5) is 6.75. The minimum absolute atomic E-state index is 0.104. The Morgan fingerprint density at radius 2 is 2.05 bits per heavy atom. The number of pyridine rings is 1. The van der Waals surface area contributed by atoms with Gasteiger partial charge in [0.25, 0.3) is 0 Å². The van der Waals surface area contributed by atoms with Crippen molar-refractivity contribution in [1.29, 1.82) is 0 Å². The molecule has 1 aromatic heterocycles. The summed E-state index contributed by atoms with van der Waals surface area (Å²) in [6.07, 6.45) is 3.82. The SMILES string of the molecule is CCC(CC)N(CC(C)C)c1ncccc1/C(N)=N/O. The van der Waals surface area contributed by atoms with Crippen LogP contribution in [0.2, 0.25) is 0 Å². The van der Waals surface area contributed by atoms with E-state index < -0.39 is 0 Å². The second kappa shape index (κ2) is 7.72. The molecule has 0 fully saturated rings. The van der Waals surface area contributed by atoms with E-state index in [1.54, 1.807) is 12.3 Å². The van der Waals surface area contributed by atoms with E-state index in [0.717, 1.165) is 25.2 Å². The number of hydrogen-bond acceptors (Lipinski definition) is 4. The van der Waals surface area contributed by atoms with Crippen LogP contribution in [-0.4, -0.2) is 28.6 Å². The Kier molecular flexibility index (Phi) is 6.28. The van der Waals surface area contributed by atoms with Gasteiger partial charge in [-0.05, 0) is 30.9 Å². The fourth-order valence-electron chi connectivity index (χ4n) is 2.41. The van der Waals surface area contributed by atoms with Crippen LogP contribution < -0.4 is 10.6 Å². The van der Waals surface area contributed by atoms with Gasteiger partial charge in [-0.2, -0.15) is 0 Å². The number of anilines is 1. The molecule has 0 atom stereocenters. The number of nitrogens with zero attached hydrogens (tertiary/aromatic N) is 3. The highest BCUT2D eigenvalue weighted by Crippen LogP contribution is 2.23. The summed E-state index contributed by atoms with van der Waals surface area (Å²) < 4.78 is 0. The first-order valence-electron chi connectivity index (χ1n) is 7.24. The molecular weight excluding hydrogens is 252 g/mol. The molecule has 3 N–H and O–H groups in total. The smallest absolute Gasteiger partial charge is 0.173 e. The molecule has 0 bridgehead atoms. The maximum absolute atomic E-state index is 8.95. The second-order valence-electron chi connectivity index (χ2n) is 5.38. The lowest BCUT2D eigenvalue weighted by molar-refractivity contribution is 0.318. The van der Waals surface area contributed by atoms with Gasteiger partial charge in [-0.15, -0.1) is 0 Å². The zero-order chi connectivity index (χ0) is 15.1. The van der Waals surface area contributed by atoms with Gasteiger partial charge in [-0.1, -0.05) is 32.9 Å². The summed E-state index contributed by atoms with van der Waals surface area (Å²) in [6.45, 7) is 9.61. The zero-order valence-corrected chi connectivity index (χ0v) is 12.9. The number of oxime groups is 1. The van der Waals surface area contributed by atoms with Crippen LogP contribution in [0, 0.1) is 5.92 Å². The van der Waals surface area contributed by atoms with E-state index in [4.69, 9.17) is 10.9 Å². The third kappa shape index (κ3) is 3.85. The highest BCUT2D eigenvalue weighted by molar-refractivity contribution is 6.01. The summed E-state index contributed by atoms with van der Waals surface area (Å²) in [5.74, 6) is 1.41. The van der Waals surface area contributed by atoms with Gasteiger partial charge in [0.1, 0.15) is 5.82 Å². The molecular formula is C15H26N4O. The fourth-order valence-corrected chi connectivity index (χ4v) is 2.41. The molecule has 0 saturated carbocycles. The topological polar surface area (TPSA) is 74.7 Å². The van der Waals surface area contributed by atoms with Gasteiger partial charge < -0.3 is 15.8 Å². The molecule has 5 nitrogen and oxygen atoms in total. The Bertz CT molecular complexity index is 441. The Balaban J connectivity index is 3.26. The maximum atomic E-state index is 8.95. The van der Waals surface area contributed by atoms with Crippen LogP contribution in [-0.2, 0) is 0 Å². The highest BCUT2D eigenvalue weighted by atomic mass is 16.4. The van der Waals surface area contributed by atoms with E-state index in [9.17, 15) is 0 Å². The highest BCUT2D eigenvalue weighted by Gasteiger charge is 2.22. The molecule has 0 unspecified atom stereocenters. The van der Waals surface area contributed by atoms with E-state index in [2.05, 4.69) is 42.7 Å². The van der Waals surface area contributed by atoms with Crippen LogP contribution in [0.1, 0.15) is 46.1 Å². The Morgan fingerprint density at radius 1 is 1.40 bits per heavy atom. The second-order valence-corrected chi connectivity index (χ2v) is 5.38. The summed E-state index contributed by atoms with van der Waals surface area (Å²) in [5, 5.41) is 12.1. The lowest BCUT2D eigenvalue weighted by atomic mass is 10.1. The Hall–Kier alpha value is -1.78. The first-order valence-corrected chi connectivity index (χ1v) is 7.24. The molecule has 0 amide bonds. The Labute approximate surface area is 121 Å². The largest absolute Gasteiger partial charge is 0.409 e. The molecule has 0 spiro atoms. The fraction of sp³-hybridized carbons (Fsp3) is 0.600. The number of nitrogens with two attached hydrogens (primary N) is 1. The van der Waals surface area contributed by atoms with Crippen LogP contribution in [0.3, 0.4) is 0 Å². The number of aromatic nitrogens is 1. The van der Waals surface area contributed by atoms with Crippen molar-refractivity contribution in [1.82, 2.24) is 4.98 Å². The van der Waals surface area contributed by atoms with E-state index in [1.807, 2.05) is 6.07 Å². The number of rotatable bonds is 7. The van der Waals surface area contributed by atoms with Gasteiger partial charge in [0, 0.05) is 18.8 Å². The van der Waals surface area contributed by atoms with Crippen LogP contribution in [0.5, 0.6) is 0 Å². The first-order chi connectivity index (χ1) is 9.54. The van der Waals surface area contributed by atoms with E-state index in [1.165, 1.54) is 0 Å². The van der Waals surface area contributed by atoms with Crippen molar-refractivity contribution < 1.29 is 5.21 Å². The quantitative estimate of drug-likeness (QED) is 0.348. The first kappa shape index (κ1) is 16.3. The minimum atomic E-state index is 0.104. The molecule has 0 saturated heterocycles. The normalized spacial score (nSPS) is 12.2. The van der Waals surface area contributed by atoms with Crippen molar-refractivity contribution >= 4 is 11.7 Å². The number of hydrogen-bond donors (Lipinski definition) is 2. The van der Waals surface area contributed by atoms with Crippen LogP contribution in [0.4, 0.5) is 5.82 Å². The molecule has 1 aromatic rings. The average Bonchev–Trinajstić information content (AvgIpc) is 2.46. The minimum Gasteiger partial charge on any atom is -0.409 e. The van der Waals surface area contributed by atoms with Gasteiger partial charge >= 0.3 is 0 Å². The molecule has 20 heavy (non-hydrogen) atoms. The predicted molar refractivity (Wildman–Crippen MR) is 83.3 cm³/mol. The van der Waals surface area contributed by atoms with Crippen molar-refractivity contribution in [3.8, 4) is 0 Å². The van der Waals surface area contributed by atoms with Crippen LogP contribution in [0.15, 0.2) is 23.5 Å². The van der Waals surface area contributed by atoms with Gasteiger partial charge in [0.15, 0.2) is 5.84 Å². The lowest BCUT2D eigenvalue weighted by Crippen LogP contribution is -2.39. The monoisotopic (exact) mass is 278 g/mol. The standard InChI is InChI=1S/C15H26N4O/c1-5-12(6-2)19(10-11(3)4)15-13(14(16)18-20)8-7-9-17-15/h7-9,11-12,20H,5-6,10H2,1-4H3,(H2,16,18). The van der Waals surface area contributed by atoms with Crippen molar-refractivity contribution in [2.75, 3.05) is 11.4 Å². The van der Waals surface area contributed by atoms with Crippen LogP contribution in [0.25, 0.3) is 0 Å². The summed E-state index contributed by atoms with van der Waals surface area (Å²) >= 11 is 0. The molecule has 0 aliphatic rings. The van der Waals surface area contributed by atoms with Gasteiger partial charge in [-0.25, -0.2) is 4.98 Å². The summed E-state index contributed by atoms with van der Waals surface area (Å²) in [6, 6.07) is 4.04. The van der Waals surface area contributed by atoms with Crippen molar-refractivity contribution in [2.24, 2.45) is 16.8 Å². The molecule has 5 heteroatoms. The predicted octanol–water partition coefficient (Wildman–Crippen LogP) is 2.83. The van der Waals surface area contributed by atoms with Gasteiger partial charge in [0.2, 0.25) is 0 Å². The van der Waals surface area contributed by atoms with Crippen molar-refractivity contribution in [3.05, 3.63) is 23.9 Å². The molecule has 0 aromatic carbocycles. The van der Waals surface area contributed by atoms with Crippen molar-refractivity contribution in [3.63, 3.8) is 0 Å². The molecule has 0 radical (unpaired) electrons. The third-order valence-electron chi connectivity index (χ3n) is 3.39. The third-order valence-corrected chi connectivity index (χ3v) is 3.39. The van der Waals surface area contributed by atoms with Crippen LogP contribution >= 0.6 is 0 Å². The van der Waals surface area contributed by atoms with E-state index in [0.29, 0.717) is 17.5 Å². The molecule has 1 heterocycles. The molecule has 0 aliphatic heterocycles. The molecule has 1 rings (SSSR count). The van der Waals surface area contributed by atoms with E-state index in [-0.39, 0.29) is 5.84 Å². The Morgan fingerprint density at radius 3 is 2.55 bits per heavy atom. The summed E-state index contributed by atoms with van der Waals surface area (Å²) in [5.41, 5.74) is 6.46. The van der Waals surface area contributed by atoms with E-state index >= 15 is 0 Å². The number of amidine groups is 1. The molecule has 112 valence electrons. The van der Waals surface area contributed by atoms with Crippen molar-refractivity contribution in [2.45, 2.75) is 46.6 Å². The van der Waals surface area contributed by atoms with Gasteiger partial charge in [0.05, 0.1) is 5.56 Å². The summed E-state index contributed by atoms with van der Waals surface area (Å²) in [7, 11) is 0. The lowest BCUT2D eigenvalue weighted by Gasteiger charge is -2.34.